The molecule has 0 spiro atoms. The molecular weight excluding hydrogens is 360 g/mol. The van der Waals surface area contributed by atoms with Gasteiger partial charge in [-0.2, -0.15) is 0 Å². The molecule has 0 bridgehead atoms. The first kappa shape index (κ1) is 17.7. The fraction of sp³-hybridized carbons (Fsp3) is 0.316. The molecule has 140 valence electrons. The van der Waals surface area contributed by atoms with Crippen LogP contribution < -0.4 is 16.0 Å². The lowest BCUT2D eigenvalue weighted by molar-refractivity contribution is 0.122. The summed E-state index contributed by atoms with van der Waals surface area (Å²) in [6.45, 7) is 3.05. The zero-order valence-corrected chi connectivity index (χ0v) is 16.2. The van der Waals surface area contributed by atoms with E-state index in [2.05, 4.69) is 21.3 Å². The van der Waals surface area contributed by atoms with E-state index in [0.29, 0.717) is 24.7 Å². The normalized spacial score (nSPS) is 15.0. The van der Waals surface area contributed by atoms with Crippen molar-refractivity contribution in [2.24, 2.45) is 4.99 Å². The number of nitrogen functional groups attached to an aromatic ring is 1. The number of aliphatic imine (C=N–C) groups is 1. The van der Waals surface area contributed by atoms with Crippen LogP contribution in [-0.2, 0) is 4.74 Å². The molecule has 27 heavy (non-hydrogen) atoms. The quantitative estimate of drug-likeness (QED) is 0.533. The van der Waals surface area contributed by atoms with Crippen molar-refractivity contribution in [2.75, 3.05) is 56.3 Å². The highest BCUT2D eigenvalue weighted by atomic mass is 32.1. The molecule has 7 nitrogen and oxygen atoms in total. The van der Waals surface area contributed by atoms with Crippen molar-refractivity contribution < 1.29 is 4.74 Å². The van der Waals surface area contributed by atoms with Gasteiger partial charge in [0, 0.05) is 50.2 Å². The zero-order chi connectivity index (χ0) is 18.8. The Morgan fingerprint density at radius 3 is 2.85 bits per heavy atom. The summed E-state index contributed by atoms with van der Waals surface area (Å²) < 4.78 is 6.60. The van der Waals surface area contributed by atoms with E-state index < -0.39 is 0 Å². The highest BCUT2D eigenvalue weighted by molar-refractivity contribution is 7.23. The molecule has 1 fully saturated rings. The first-order chi connectivity index (χ1) is 13.2. The van der Waals surface area contributed by atoms with E-state index in [-0.39, 0.29) is 0 Å². The summed E-state index contributed by atoms with van der Waals surface area (Å²) in [7, 11) is 3.65. The number of fused-ring (bicyclic) bond motifs is 1. The topological polar surface area (TPSA) is 88.7 Å². The van der Waals surface area contributed by atoms with Crippen LogP contribution in [0.1, 0.15) is 5.56 Å². The van der Waals surface area contributed by atoms with Crippen LogP contribution in [0.4, 0.5) is 16.5 Å². The lowest BCUT2D eigenvalue weighted by atomic mass is 10.1. The minimum atomic E-state index is 0.659. The van der Waals surface area contributed by atoms with Crippen molar-refractivity contribution in [1.82, 2.24) is 9.97 Å². The van der Waals surface area contributed by atoms with Crippen molar-refractivity contribution in [3.63, 3.8) is 0 Å². The summed E-state index contributed by atoms with van der Waals surface area (Å²) in [5.41, 5.74) is 9.50. The molecule has 0 aliphatic carbocycles. The fourth-order valence-corrected chi connectivity index (χ4v) is 4.17. The molecule has 4 rings (SSSR count). The molecule has 3 aromatic rings. The number of hydrogen-bond acceptors (Lipinski definition) is 8. The second-order valence-corrected chi connectivity index (χ2v) is 7.29. The van der Waals surface area contributed by atoms with Gasteiger partial charge in [-0.25, -0.2) is 9.97 Å². The minimum absolute atomic E-state index is 0.659. The molecule has 3 heterocycles. The molecule has 0 atom stereocenters. The minimum Gasteiger partial charge on any atom is -0.398 e. The fourth-order valence-electron chi connectivity index (χ4n) is 3.20. The molecule has 3 N–H and O–H groups in total. The summed E-state index contributed by atoms with van der Waals surface area (Å²) >= 11 is 1.67. The highest BCUT2D eigenvalue weighted by Gasteiger charge is 2.21. The van der Waals surface area contributed by atoms with E-state index in [1.807, 2.05) is 25.2 Å². The number of ether oxygens (including phenoxy) is 1. The van der Waals surface area contributed by atoms with E-state index in [4.69, 9.17) is 20.4 Å². The SMILES string of the molecule is C/N=C\c1c(N)cccc1-c1nc(N2CCOCC2)c2sc(NC)cc2n1. The molecule has 1 aromatic carbocycles. The monoisotopic (exact) mass is 382 g/mol. The lowest BCUT2D eigenvalue weighted by Crippen LogP contribution is -2.36. The Hall–Kier alpha value is -2.71. The number of rotatable bonds is 4. The van der Waals surface area contributed by atoms with Gasteiger partial charge in [0.15, 0.2) is 11.6 Å². The molecule has 1 aliphatic rings. The van der Waals surface area contributed by atoms with Crippen molar-refractivity contribution in [2.45, 2.75) is 0 Å². The number of thiophene rings is 1. The Kier molecular flexibility index (Phi) is 4.91. The maximum atomic E-state index is 6.18. The van der Waals surface area contributed by atoms with Crippen LogP contribution in [0.25, 0.3) is 21.6 Å². The Morgan fingerprint density at radius 2 is 2.11 bits per heavy atom. The standard InChI is InChI=1S/C19H22N6OS/c1-21-11-13-12(4-3-5-14(13)20)18-23-15-10-16(22-2)27-17(15)19(24-18)25-6-8-26-9-7-25/h3-5,10-11,22H,6-9,20H2,1-2H3/b21-11-. The van der Waals surface area contributed by atoms with Crippen molar-refractivity contribution in [3.8, 4) is 11.4 Å². The lowest BCUT2D eigenvalue weighted by Gasteiger charge is -2.28. The van der Waals surface area contributed by atoms with Crippen molar-refractivity contribution in [3.05, 3.63) is 29.8 Å². The van der Waals surface area contributed by atoms with E-state index in [1.54, 1.807) is 24.6 Å². The van der Waals surface area contributed by atoms with E-state index >= 15 is 0 Å². The zero-order valence-electron chi connectivity index (χ0n) is 15.4. The molecule has 0 amide bonds. The van der Waals surface area contributed by atoms with Gasteiger partial charge in [-0.15, -0.1) is 11.3 Å². The van der Waals surface area contributed by atoms with Gasteiger partial charge in [-0.1, -0.05) is 12.1 Å². The van der Waals surface area contributed by atoms with Gasteiger partial charge in [0.05, 0.1) is 28.4 Å². The Morgan fingerprint density at radius 1 is 1.30 bits per heavy atom. The third-order valence-corrected chi connectivity index (χ3v) is 5.69. The summed E-state index contributed by atoms with van der Waals surface area (Å²) in [6, 6.07) is 7.84. The second-order valence-electron chi connectivity index (χ2n) is 6.24. The number of hydrogen-bond donors (Lipinski definition) is 2. The molecule has 0 saturated carbocycles. The number of aromatic nitrogens is 2. The molecule has 1 aliphatic heterocycles. The van der Waals surface area contributed by atoms with E-state index in [1.165, 1.54) is 0 Å². The van der Waals surface area contributed by atoms with Gasteiger partial charge < -0.3 is 20.7 Å². The highest BCUT2D eigenvalue weighted by Crippen LogP contribution is 2.37. The van der Waals surface area contributed by atoms with Crippen LogP contribution >= 0.6 is 11.3 Å². The largest absolute Gasteiger partial charge is 0.398 e. The molecular formula is C19H22N6OS. The maximum absolute atomic E-state index is 6.18. The van der Waals surface area contributed by atoms with Crippen LogP contribution in [0.5, 0.6) is 0 Å². The van der Waals surface area contributed by atoms with Crippen LogP contribution in [0.2, 0.25) is 0 Å². The third kappa shape index (κ3) is 3.33. The van der Waals surface area contributed by atoms with E-state index in [0.717, 1.165) is 45.3 Å². The van der Waals surface area contributed by atoms with Gasteiger partial charge >= 0.3 is 0 Å². The van der Waals surface area contributed by atoms with Crippen LogP contribution in [-0.4, -0.2) is 56.6 Å². The maximum Gasteiger partial charge on any atom is 0.162 e. The molecule has 8 heteroatoms. The molecule has 0 unspecified atom stereocenters. The van der Waals surface area contributed by atoms with Crippen molar-refractivity contribution >= 4 is 44.3 Å². The average Bonchev–Trinajstić information content (AvgIpc) is 3.13. The third-order valence-electron chi connectivity index (χ3n) is 4.55. The predicted octanol–water partition coefficient (Wildman–Crippen LogP) is 2.87. The summed E-state index contributed by atoms with van der Waals surface area (Å²) in [5, 5.41) is 4.28. The van der Waals surface area contributed by atoms with Gasteiger partial charge in [0.1, 0.15) is 0 Å². The number of morpholine rings is 1. The summed E-state index contributed by atoms with van der Waals surface area (Å²) in [4.78, 5) is 16.2. The first-order valence-corrected chi connectivity index (χ1v) is 9.66. The predicted molar refractivity (Wildman–Crippen MR) is 113 cm³/mol. The number of benzene rings is 1. The van der Waals surface area contributed by atoms with E-state index in [9.17, 15) is 0 Å². The van der Waals surface area contributed by atoms with Crippen LogP contribution in [0, 0.1) is 0 Å². The Balaban J connectivity index is 1.93. The van der Waals surface area contributed by atoms with Gasteiger partial charge in [-0.3, -0.25) is 4.99 Å². The number of anilines is 3. The van der Waals surface area contributed by atoms with Gasteiger partial charge in [0.25, 0.3) is 0 Å². The number of nitrogens with two attached hydrogens (primary N) is 1. The van der Waals surface area contributed by atoms with Gasteiger partial charge in [-0.05, 0) is 12.1 Å². The average molecular weight is 382 g/mol. The Labute approximate surface area is 161 Å². The number of nitrogens with one attached hydrogen (secondary N) is 1. The van der Waals surface area contributed by atoms with Crippen molar-refractivity contribution in [1.29, 1.82) is 0 Å². The first-order valence-electron chi connectivity index (χ1n) is 8.84. The second kappa shape index (κ2) is 7.50. The smallest absolute Gasteiger partial charge is 0.162 e. The molecule has 0 radical (unpaired) electrons. The van der Waals surface area contributed by atoms with Crippen LogP contribution in [0.15, 0.2) is 29.3 Å². The number of nitrogens with zero attached hydrogens (tertiary/aromatic N) is 4. The summed E-state index contributed by atoms with van der Waals surface area (Å²) in [5.74, 6) is 1.61. The molecule has 1 saturated heterocycles. The summed E-state index contributed by atoms with van der Waals surface area (Å²) in [6.07, 6.45) is 1.76. The van der Waals surface area contributed by atoms with Gasteiger partial charge in [0.2, 0.25) is 0 Å². The Bertz CT molecular complexity index is 993. The molecule has 2 aromatic heterocycles. The van der Waals surface area contributed by atoms with Crippen LogP contribution in [0.3, 0.4) is 0 Å².